The molecule has 1 saturated heterocycles. The minimum atomic E-state index is -0.559. The molecule has 0 aromatic heterocycles. The molecule has 2 aliphatic carbocycles. The zero-order chi connectivity index (χ0) is 36.5. The summed E-state index contributed by atoms with van der Waals surface area (Å²) in [5.41, 5.74) is 18.1. The summed E-state index contributed by atoms with van der Waals surface area (Å²) in [6.07, 6.45) is 16.1. The van der Waals surface area contributed by atoms with Crippen molar-refractivity contribution in [3.05, 3.63) is 112 Å². The summed E-state index contributed by atoms with van der Waals surface area (Å²) in [5.74, 6) is 0.464. The molecule has 1 heterocycles. The fraction of sp³-hybridized carbons (Fsp3) is 0.488. The highest BCUT2D eigenvalue weighted by Gasteiger charge is 2.41. The zero-order valence-corrected chi connectivity index (χ0v) is 32.1. The van der Waals surface area contributed by atoms with Gasteiger partial charge in [-0.15, -0.1) is 0 Å². The predicted molar refractivity (Wildman–Crippen MR) is 216 cm³/mol. The van der Waals surface area contributed by atoms with Crippen LogP contribution in [0.15, 0.2) is 83.9 Å². The number of ketones is 1. The van der Waals surface area contributed by atoms with Crippen LogP contribution in [0.25, 0.3) is 5.57 Å². The highest BCUT2D eigenvalue weighted by atomic mass is 35.5. The first-order valence-electron chi connectivity index (χ1n) is 19.0. The highest BCUT2D eigenvalue weighted by molar-refractivity contribution is 6.31. The second-order valence-corrected chi connectivity index (χ2v) is 14.6. The molecule has 3 aliphatic rings. The van der Waals surface area contributed by atoms with Gasteiger partial charge in [0.2, 0.25) is 0 Å². The lowest BCUT2D eigenvalue weighted by Crippen LogP contribution is -2.49. The number of aryl methyl sites for hydroxylation is 2. The van der Waals surface area contributed by atoms with Gasteiger partial charge >= 0.3 is 0 Å². The van der Waals surface area contributed by atoms with Crippen LogP contribution in [0.1, 0.15) is 92.0 Å². The number of hydrogen-bond acceptors (Lipinski definition) is 5. The summed E-state index contributed by atoms with van der Waals surface area (Å²) >= 11 is 6.20. The molecular weight excluding hydrogens is 652 g/mol. The smallest absolute Gasteiger partial charge is 0.185 e. The molecule has 0 bridgehead atoms. The molecule has 8 heteroatoms. The fourth-order valence-corrected chi connectivity index (χ4v) is 7.78. The number of rotatable bonds is 8. The zero-order valence-electron chi connectivity index (χ0n) is 31.3. The first-order valence-corrected chi connectivity index (χ1v) is 19.4. The summed E-state index contributed by atoms with van der Waals surface area (Å²) in [4.78, 5) is 20.9. The molecule has 7 nitrogen and oxygen atoms in total. The normalized spacial score (nSPS) is 19.1. The number of nitrogens with zero attached hydrogens (tertiary/aromatic N) is 3. The van der Waals surface area contributed by atoms with E-state index < -0.39 is 5.54 Å². The minimum absolute atomic E-state index is 0.206. The topological polar surface area (TPSA) is 100.0 Å². The minimum Gasteiger partial charge on any atom is -0.370 e. The number of hydrogen-bond donors (Lipinski definition) is 3. The van der Waals surface area contributed by atoms with Gasteiger partial charge in [-0.25, -0.2) is 0 Å². The first-order chi connectivity index (χ1) is 24.7. The summed E-state index contributed by atoms with van der Waals surface area (Å²) in [7, 11) is 6.10. The Morgan fingerprint density at radius 3 is 2.00 bits per heavy atom. The van der Waals surface area contributed by atoms with E-state index in [0.29, 0.717) is 11.4 Å². The van der Waals surface area contributed by atoms with E-state index in [1.165, 1.54) is 73.0 Å². The van der Waals surface area contributed by atoms with E-state index in [-0.39, 0.29) is 11.7 Å². The number of Topliss-reactive ketones (excluding diaryl/α,β-unsaturated/α-hetero) is 1. The number of guanidine groups is 1. The maximum absolute atomic E-state index is 12.2. The number of benzene rings is 3. The van der Waals surface area contributed by atoms with Gasteiger partial charge in [0.25, 0.3) is 0 Å². The average Bonchev–Trinajstić information content (AvgIpc) is 3.27. The lowest BCUT2D eigenvalue weighted by molar-refractivity contribution is -0.127. The van der Waals surface area contributed by atoms with Crippen molar-refractivity contribution in [3.8, 4) is 0 Å². The van der Waals surface area contributed by atoms with Crippen molar-refractivity contribution in [3.63, 3.8) is 0 Å². The molecule has 1 unspecified atom stereocenters. The van der Waals surface area contributed by atoms with Crippen LogP contribution >= 0.6 is 11.6 Å². The molecule has 0 amide bonds. The van der Waals surface area contributed by atoms with Crippen molar-refractivity contribution in [2.24, 2.45) is 16.5 Å². The first kappa shape index (κ1) is 40.3. The standard InChI is InChI=1S/C20H23N.C13H16ClNO.C10H22N4/c1-21(2)15-7-12-20-18-10-5-3-8-16(18)13-14-17-9-4-6-11-19(17)20;1-15-13(9-5-4-8-12(13)16)10-6-2-3-7-11(10)14;11-10(12)13-6-9-14-7-4-2-1-3-5-8-14/h3-6,8-12H,7,13-15H2,1-2H3;2-3,6-7,15H,4-5,8-9H2,1H3;1-9H2,(H4,11,12,13). The molecule has 3 aromatic rings. The number of fused-ring (bicyclic) bond motifs is 2. The number of carbonyl (C=O) groups is 1. The fourth-order valence-electron chi connectivity index (χ4n) is 7.48. The van der Waals surface area contributed by atoms with E-state index in [4.69, 9.17) is 23.1 Å². The molecule has 6 rings (SSSR count). The Balaban J connectivity index is 0.000000176. The van der Waals surface area contributed by atoms with Crippen LogP contribution in [-0.4, -0.2) is 75.4 Å². The summed E-state index contributed by atoms with van der Waals surface area (Å²) in [6.45, 7) is 5.24. The van der Waals surface area contributed by atoms with Crippen molar-refractivity contribution >= 4 is 28.9 Å². The summed E-state index contributed by atoms with van der Waals surface area (Å²) in [5, 5.41) is 3.86. The molecule has 0 spiro atoms. The Morgan fingerprint density at radius 2 is 1.43 bits per heavy atom. The van der Waals surface area contributed by atoms with Gasteiger partial charge in [-0.3, -0.25) is 9.79 Å². The van der Waals surface area contributed by atoms with Crippen LogP contribution in [0.4, 0.5) is 0 Å². The van der Waals surface area contributed by atoms with Gasteiger partial charge in [0.1, 0.15) is 5.54 Å². The Kier molecular flexibility index (Phi) is 16.7. The largest absolute Gasteiger partial charge is 0.370 e. The number of nitrogens with one attached hydrogen (secondary N) is 1. The molecule has 0 radical (unpaired) electrons. The van der Waals surface area contributed by atoms with E-state index in [0.717, 1.165) is 63.7 Å². The monoisotopic (exact) mass is 712 g/mol. The second-order valence-electron chi connectivity index (χ2n) is 14.2. The number of aliphatic imine (C=N–C) groups is 1. The van der Waals surface area contributed by atoms with Gasteiger partial charge in [0, 0.05) is 24.5 Å². The van der Waals surface area contributed by atoms with E-state index >= 15 is 0 Å². The number of likely N-dealkylation sites (tertiary alicyclic amines) is 1. The Morgan fingerprint density at radius 1 is 0.843 bits per heavy atom. The van der Waals surface area contributed by atoms with Gasteiger partial charge in [0.15, 0.2) is 11.7 Å². The van der Waals surface area contributed by atoms with Crippen molar-refractivity contribution in [1.29, 1.82) is 0 Å². The molecule has 5 N–H and O–H groups in total. The molecule has 51 heavy (non-hydrogen) atoms. The van der Waals surface area contributed by atoms with Gasteiger partial charge in [0.05, 0.1) is 6.54 Å². The third kappa shape index (κ3) is 12.0. The molecule has 276 valence electrons. The summed E-state index contributed by atoms with van der Waals surface area (Å²) < 4.78 is 0. The van der Waals surface area contributed by atoms with E-state index in [9.17, 15) is 4.79 Å². The van der Waals surface area contributed by atoms with Crippen LogP contribution in [-0.2, 0) is 23.2 Å². The number of likely N-dealkylation sites (N-methyl/N-ethyl adjacent to an activating group) is 1. The number of carbonyl (C=O) groups excluding carboxylic acids is 1. The Labute approximate surface area is 312 Å². The van der Waals surface area contributed by atoms with Crippen molar-refractivity contribution in [2.45, 2.75) is 82.6 Å². The van der Waals surface area contributed by atoms with Crippen molar-refractivity contribution < 1.29 is 4.79 Å². The predicted octanol–water partition coefficient (Wildman–Crippen LogP) is 7.59. The molecule has 1 atom stereocenters. The number of halogens is 1. The number of nitrogens with two attached hydrogens (primary N) is 2. The Bertz CT molecular complexity index is 1520. The van der Waals surface area contributed by atoms with Crippen molar-refractivity contribution in [2.75, 3.05) is 53.9 Å². The van der Waals surface area contributed by atoms with Crippen LogP contribution in [0.5, 0.6) is 0 Å². The lowest BCUT2D eigenvalue weighted by atomic mass is 9.75. The van der Waals surface area contributed by atoms with Gasteiger partial charge in [-0.1, -0.05) is 110 Å². The molecule has 3 aromatic carbocycles. The van der Waals surface area contributed by atoms with E-state index in [1.807, 2.05) is 31.3 Å². The van der Waals surface area contributed by atoms with Crippen LogP contribution in [0.3, 0.4) is 0 Å². The van der Waals surface area contributed by atoms with Gasteiger partial charge < -0.3 is 26.6 Å². The Hall–Kier alpha value is -3.49. The van der Waals surface area contributed by atoms with Crippen LogP contribution in [0, 0.1) is 0 Å². The molecule has 1 aliphatic heterocycles. The quantitative estimate of drug-likeness (QED) is 0.164. The highest BCUT2D eigenvalue weighted by Crippen LogP contribution is 2.37. The third-order valence-electron chi connectivity index (χ3n) is 10.3. The van der Waals surface area contributed by atoms with Crippen molar-refractivity contribution in [1.82, 2.24) is 15.1 Å². The second kappa shape index (κ2) is 21.1. The maximum Gasteiger partial charge on any atom is 0.185 e. The van der Waals surface area contributed by atoms with E-state index in [1.54, 1.807) is 0 Å². The molecule has 1 saturated carbocycles. The maximum atomic E-state index is 12.2. The van der Waals surface area contributed by atoms with Gasteiger partial charge in [-0.05, 0) is 119 Å². The SMILES string of the molecule is CN(C)CCC=C1c2ccccc2CCc2ccccc21.CNC1(c2ccccc2Cl)CCCCC1=O.NC(N)=NCCN1CCCCCCC1. The molecular formula is C43H61ClN6O. The third-order valence-corrected chi connectivity index (χ3v) is 10.6. The van der Waals surface area contributed by atoms with Gasteiger partial charge in [-0.2, -0.15) is 0 Å². The van der Waals surface area contributed by atoms with Crippen LogP contribution in [0.2, 0.25) is 5.02 Å². The lowest BCUT2D eigenvalue weighted by Gasteiger charge is -2.36. The average molecular weight is 713 g/mol. The summed E-state index contributed by atoms with van der Waals surface area (Å²) in [6, 6.07) is 25.4. The van der Waals surface area contributed by atoms with Crippen LogP contribution < -0.4 is 16.8 Å². The van der Waals surface area contributed by atoms with E-state index in [2.05, 4.69) is 88.8 Å². The molecule has 2 fully saturated rings.